The van der Waals surface area contributed by atoms with E-state index in [1.165, 1.54) is 7.11 Å². The molecule has 0 radical (unpaired) electrons. The maximum Gasteiger partial charge on any atom is 0.360 e. The Morgan fingerprint density at radius 2 is 2.21 bits per heavy atom. The molecule has 1 aliphatic rings. The fourth-order valence-corrected chi connectivity index (χ4v) is 4.28. The van der Waals surface area contributed by atoms with Gasteiger partial charge in [0.05, 0.1) is 31.7 Å². The molecule has 1 N–H and O–H groups in total. The Kier molecular flexibility index (Phi) is 7.26. The van der Waals surface area contributed by atoms with Crippen LogP contribution in [0.2, 0.25) is 0 Å². The summed E-state index contributed by atoms with van der Waals surface area (Å²) in [6, 6.07) is 11.0. The molecule has 1 fully saturated rings. The summed E-state index contributed by atoms with van der Waals surface area (Å²) in [5, 5.41) is 11.0. The molecule has 1 amide bonds. The number of hydrogen-bond donors (Lipinski definition) is 1. The average Bonchev–Trinajstić information content (AvgIpc) is 3.59. The minimum absolute atomic E-state index is 0.0875. The molecule has 2 aromatic heterocycles. The van der Waals surface area contributed by atoms with E-state index in [0.29, 0.717) is 19.5 Å². The van der Waals surface area contributed by atoms with Crippen molar-refractivity contribution in [3.63, 3.8) is 0 Å². The van der Waals surface area contributed by atoms with Crippen molar-refractivity contribution in [3.05, 3.63) is 66.4 Å². The third-order valence-corrected chi connectivity index (χ3v) is 6.19. The molecule has 0 unspecified atom stereocenters. The average molecular weight is 468 g/mol. The Labute approximate surface area is 195 Å². The first-order chi connectivity index (χ1) is 16.1. The number of thioether (sulfide) groups is 1. The molecule has 1 saturated heterocycles. The lowest BCUT2D eigenvalue weighted by Gasteiger charge is -2.22. The largest absolute Gasteiger partial charge is 0.465 e. The van der Waals surface area contributed by atoms with Gasteiger partial charge in [0.2, 0.25) is 5.91 Å². The molecule has 1 aromatic carbocycles. The number of amides is 1. The third-order valence-electron chi connectivity index (χ3n) is 5.47. The Bertz CT molecular complexity index is 1130. The summed E-state index contributed by atoms with van der Waals surface area (Å²) in [4.78, 5) is 28.1. The van der Waals surface area contributed by atoms with Gasteiger partial charge in [-0.05, 0) is 49.1 Å². The SMILES string of the molecule is COC(=O)c1cn([C@H]2C[C@@H](C(=O)Nc3cccc(SC)c3)N(C/C=C/c3ccco3)C2)nn1. The van der Waals surface area contributed by atoms with Crippen LogP contribution in [0, 0.1) is 0 Å². The predicted molar refractivity (Wildman–Crippen MR) is 125 cm³/mol. The summed E-state index contributed by atoms with van der Waals surface area (Å²) in [5.74, 6) is 0.121. The Hall–Kier alpha value is -3.37. The summed E-state index contributed by atoms with van der Waals surface area (Å²) in [7, 11) is 1.30. The normalized spacial score (nSPS) is 18.6. The van der Waals surface area contributed by atoms with Crippen LogP contribution in [0.15, 0.2) is 64.2 Å². The van der Waals surface area contributed by atoms with Gasteiger partial charge >= 0.3 is 5.97 Å². The van der Waals surface area contributed by atoms with Crippen LogP contribution in [0.25, 0.3) is 6.08 Å². The van der Waals surface area contributed by atoms with Crippen molar-refractivity contribution in [2.24, 2.45) is 0 Å². The Morgan fingerprint density at radius 1 is 1.33 bits per heavy atom. The van der Waals surface area contributed by atoms with Crippen LogP contribution in [0.4, 0.5) is 5.69 Å². The van der Waals surface area contributed by atoms with Gasteiger partial charge in [-0.1, -0.05) is 17.4 Å². The number of methoxy groups -OCH3 is 1. The molecule has 2 atom stereocenters. The lowest BCUT2D eigenvalue weighted by molar-refractivity contribution is -0.120. The van der Waals surface area contributed by atoms with Crippen LogP contribution >= 0.6 is 11.8 Å². The second kappa shape index (κ2) is 10.5. The first-order valence-electron chi connectivity index (χ1n) is 10.5. The lowest BCUT2D eigenvalue weighted by atomic mass is 10.1. The molecule has 0 saturated carbocycles. The van der Waals surface area contributed by atoms with Crippen LogP contribution in [-0.4, -0.2) is 64.3 Å². The van der Waals surface area contributed by atoms with Crippen molar-refractivity contribution in [3.8, 4) is 0 Å². The zero-order valence-electron chi connectivity index (χ0n) is 18.4. The second-order valence-electron chi connectivity index (χ2n) is 7.57. The van der Waals surface area contributed by atoms with E-state index >= 15 is 0 Å². The minimum atomic E-state index is -0.541. The van der Waals surface area contributed by atoms with Gasteiger partial charge in [-0.25, -0.2) is 9.48 Å². The number of rotatable bonds is 8. The molecule has 33 heavy (non-hydrogen) atoms. The fraction of sp³-hybridized carbons (Fsp3) is 0.304. The van der Waals surface area contributed by atoms with Crippen LogP contribution in [0.3, 0.4) is 0 Å². The maximum atomic E-state index is 13.2. The summed E-state index contributed by atoms with van der Waals surface area (Å²) < 4.78 is 11.7. The number of benzene rings is 1. The highest BCUT2D eigenvalue weighted by Gasteiger charge is 2.38. The molecular formula is C23H25N5O4S. The first kappa shape index (κ1) is 22.8. The first-order valence-corrected chi connectivity index (χ1v) is 11.7. The molecule has 9 nitrogen and oxygen atoms in total. The smallest absolute Gasteiger partial charge is 0.360 e. The summed E-state index contributed by atoms with van der Waals surface area (Å²) in [6.07, 6.45) is 9.57. The van der Waals surface area contributed by atoms with Crippen LogP contribution < -0.4 is 5.32 Å². The van der Waals surface area contributed by atoms with Crippen molar-refractivity contribution in [2.75, 3.05) is 31.8 Å². The van der Waals surface area contributed by atoms with E-state index in [0.717, 1.165) is 16.3 Å². The zero-order valence-corrected chi connectivity index (χ0v) is 19.2. The van der Waals surface area contributed by atoms with Gasteiger partial charge in [0.1, 0.15) is 5.76 Å². The molecule has 1 aliphatic heterocycles. The topological polar surface area (TPSA) is 102 Å². The molecule has 3 aromatic rings. The number of esters is 1. The van der Waals surface area contributed by atoms with E-state index in [1.807, 2.05) is 54.8 Å². The summed E-state index contributed by atoms with van der Waals surface area (Å²) in [6.45, 7) is 1.13. The zero-order chi connectivity index (χ0) is 23.2. The van der Waals surface area contributed by atoms with Gasteiger partial charge in [-0.15, -0.1) is 16.9 Å². The quantitative estimate of drug-likeness (QED) is 0.398. The number of carbonyl (C=O) groups is 2. The van der Waals surface area contributed by atoms with E-state index in [4.69, 9.17) is 9.15 Å². The molecule has 0 spiro atoms. The number of carbonyl (C=O) groups excluding carboxylic acids is 2. The number of furan rings is 1. The fourth-order valence-electron chi connectivity index (χ4n) is 3.82. The maximum absolute atomic E-state index is 13.2. The van der Waals surface area contributed by atoms with E-state index in [9.17, 15) is 9.59 Å². The Morgan fingerprint density at radius 3 is 2.97 bits per heavy atom. The van der Waals surface area contributed by atoms with Crippen molar-refractivity contribution < 1.29 is 18.7 Å². The molecule has 0 bridgehead atoms. The third kappa shape index (κ3) is 5.52. The van der Waals surface area contributed by atoms with Crippen LogP contribution in [-0.2, 0) is 9.53 Å². The summed E-state index contributed by atoms with van der Waals surface area (Å²) in [5.41, 5.74) is 0.902. The molecule has 3 heterocycles. The standard InChI is InChI=1S/C23H25N5O4S/c1-31-23(30)20-15-28(26-25-20)17-13-21(22(29)24-16-6-3-9-19(12-16)33-2)27(14-17)10-4-7-18-8-5-11-32-18/h3-9,11-12,15,17,21H,10,13-14H2,1-2H3,(H,24,29)/b7-4+/t17-,21-/m0/s1. The highest BCUT2D eigenvalue weighted by Crippen LogP contribution is 2.28. The molecule has 172 valence electrons. The molecule has 4 rings (SSSR count). The number of likely N-dealkylation sites (tertiary alicyclic amines) is 1. The molecule has 10 heteroatoms. The lowest BCUT2D eigenvalue weighted by Crippen LogP contribution is -2.39. The number of ether oxygens (including phenoxy) is 1. The number of nitrogens with zero attached hydrogens (tertiary/aromatic N) is 4. The van der Waals surface area contributed by atoms with Gasteiger partial charge in [-0.2, -0.15) is 0 Å². The number of hydrogen-bond acceptors (Lipinski definition) is 8. The number of nitrogens with one attached hydrogen (secondary N) is 1. The second-order valence-corrected chi connectivity index (χ2v) is 8.45. The van der Waals surface area contributed by atoms with Crippen molar-refractivity contribution in [1.29, 1.82) is 0 Å². The van der Waals surface area contributed by atoms with Crippen molar-refractivity contribution >= 4 is 35.4 Å². The van der Waals surface area contributed by atoms with Crippen molar-refractivity contribution in [1.82, 2.24) is 19.9 Å². The van der Waals surface area contributed by atoms with Gasteiger partial charge in [0.15, 0.2) is 5.69 Å². The van der Waals surface area contributed by atoms with E-state index in [-0.39, 0.29) is 23.7 Å². The van der Waals surface area contributed by atoms with Gasteiger partial charge < -0.3 is 14.5 Å². The predicted octanol–water partition coefficient (Wildman–Crippen LogP) is 3.35. The molecular weight excluding hydrogens is 442 g/mol. The molecule has 0 aliphatic carbocycles. The summed E-state index contributed by atoms with van der Waals surface area (Å²) >= 11 is 1.62. The van der Waals surface area contributed by atoms with E-state index < -0.39 is 5.97 Å². The number of aromatic nitrogens is 3. The van der Waals surface area contributed by atoms with Gasteiger partial charge in [0.25, 0.3) is 0 Å². The van der Waals surface area contributed by atoms with E-state index in [2.05, 4.69) is 20.5 Å². The van der Waals surface area contributed by atoms with Crippen LogP contribution in [0.5, 0.6) is 0 Å². The van der Waals surface area contributed by atoms with E-state index in [1.54, 1.807) is 28.9 Å². The minimum Gasteiger partial charge on any atom is -0.465 e. The van der Waals surface area contributed by atoms with Gasteiger partial charge in [0, 0.05) is 23.7 Å². The number of anilines is 1. The van der Waals surface area contributed by atoms with Crippen LogP contribution in [0.1, 0.15) is 28.7 Å². The highest BCUT2D eigenvalue weighted by molar-refractivity contribution is 7.98. The Balaban J connectivity index is 1.50. The van der Waals surface area contributed by atoms with Gasteiger partial charge in [-0.3, -0.25) is 9.69 Å². The monoisotopic (exact) mass is 467 g/mol. The highest BCUT2D eigenvalue weighted by atomic mass is 32.2. The van der Waals surface area contributed by atoms with Crippen molar-refractivity contribution in [2.45, 2.75) is 23.4 Å².